The highest BCUT2D eigenvalue weighted by Gasteiger charge is 2.28. The first-order valence-electron chi connectivity index (χ1n) is 13.6. The molecule has 5 rings (SSSR count). The van der Waals surface area contributed by atoms with E-state index in [1.807, 2.05) is 74.5 Å². The molecule has 2 aromatic carbocycles. The van der Waals surface area contributed by atoms with Gasteiger partial charge in [0.2, 0.25) is 0 Å². The minimum absolute atomic E-state index is 0.0207. The number of nitriles is 1. The smallest absolute Gasteiger partial charge is 0.266 e. The third kappa shape index (κ3) is 5.49. The quantitative estimate of drug-likeness (QED) is 0.186. The highest BCUT2D eigenvalue weighted by Crippen LogP contribution is 2.39. The van der Waals surface area contributed by atoms with Crippen LogP contribution < -0.4 is 10.6 Å². The zero-order chi connectivity index (χ0) is 28.2. The van der Waals surface area contributed by atoms with Crippen LogP contribution in [-0.4, -0.2) is 16.4 Å². The van der Waals surface area contributed by atoms with Crippen LogP contribution in [0.4, 0.5) is 11.4 Å². The van der Waals surface area contributed by atoms with Crippen LogP contribution in [0.2, 0.25) is 0 Å². The Morgan fingerprint density at radius 2 is 1.70 bits per heavy atom. The van der Waals surface area contributed by atoms with Crippen LogP contribution in [0.3, 0.4) is 0 Å². The SMILES string of the molecule is CCc1ccc(NC(=O)/C(C#N)=C\c2cc(C)n(-c3sc4c(c3C(=O)Nc3ccccc3)CCCC4)c2C)cc1. The number of carbonyl (C=O) groups excluding carboxylic acids is 2. The lowest BCUT2D eigenvalue weighted by Crippen LogP contribution is -2.17. The first-order chi connectivity index (χ1) is 19.4. The monoisotopic (exact) mass is 548 g/mol. The van der Waals surface area contributed by atoms with E-state index in [0.29, 0.717) is 5.69 Å². The number of hydrogen-bond acceptors (Lipinski definition) is 4. The largest absolute Gasteiger partial charge is 0.322 e. The lowest BCUT2D eigenvalue weighted by atomic mass is 9.95. The Kier molecular flexibility index (Phi) is 7.99. The van der Waals surface area contributed by atoms with Gasteiger partial charge in [-0.3, -0.25) is 9.59 Å². The molecule has 2 amide bonds. The van der Waals surface area contributed by atoms with E-state index in [1.165, 1.54) is 10.4 Å². The van der Waals surface area contributed by atoms with Crippen LogP contribution in [0.15, 0.2) is 66.2 Å². The van der Waals surface area contributed by atoms with E-state index in [0.717, 1.165) is 70.9 Å². The van der Waals surface area contributed by atoms with Crippen molar-refractivity contribution >= 4 is 40.6 Å². The summed E-state index contributed by atoms with van der Waals surface area (Å²) in [5, 5.41) is 16.6. The minimum Gasteiger partial charge on any atom is -0.322 e. The number of nitrogens with one attached hydrogen (secondary N) is 2. The molecule has 6 nitrogen and oxygen atoms in total. The summed E-state index contributed by atoms with van der Waals surface area (Å²) in [6.07, 6.45) is 6.57. The second-order valence-corrected chi connectivity index (χ2v) is 11.1. The lowest BCUT2D eigenvalue weighted by Gasteiger charge is -2.14. The molecule has 0 saturated heterocycles. The van der Waals surface area contributed by atoms with Gasteiger partial charge in [0.15, 0.2) is 0 Å². The molecular weight excluding hydrogens is 516 g/mol. The lowest BCUT2D eigenvalue weighted by molar-refractivity contribution is -0.112. The van der Waals surface area contributed by atoms with Gasteiger partial charge in [0.05, 0.1) is 5.56 Å². The molecule has 0 spiro atoms. The van der Waals surface area contributed by atoms with Crippen molar-refractivity contribution in [2.45, 2.75) is 52.9 Å². The van der Waals surface area contributed by atoms with Crippen molar-refractivity contribution in [1.82, 2.24) is 4.57 Å². The van der Waals surface area contributed by atoms with E-state index >= 15 is 0 Å². The molecule has 2 N–H and O–H groups in total. The van der Waals surface area contributed by atoms with Crippen LogP contribution in [0.1, 0.15) is 63.1 Å². The van der Waals surface area contributed by atoms with Crippen molar-refractivity contribution in [3.63, 3.8) is 0 Å². The minimum atomic E-state index is -0.453. The van der Waals surface area contributed by atoms with Gasteiger partial charge in [-0.1, -0.05) is 37.3 Å². The van der Waals surface area contributed by atoms with Crippen molar-refractivity contribution in [3.05, 3.63) is 105 Å². The molecule has 0 fully saturated rings. The van der Waals surface area contributed by atoms with E-state index in [9.17, 15) is 14.9 Å². The van der Waals surface area contributed by atoms with Gasteiger partial charge in [-0.05, 0) is 99.0 Å². The standard InChI is InChI=1S/C33H32N4O2S/c1-4-23-14-16-27(17-15-23)35-31(38)25(20-34)19-24-18-21(2)37(22(24)3)33-30(28-12-8-9-13-29(28)40-33)32(39)36-26-10-6-5-7-11-26/h5-7,10-11,14-19H,4,8-9,12-13H2,1-3H3,(H,35,38)(H,36,39)/b25-19-. The number of thiophene rings is 1. The first kappa shape index (κ1) is 27.2. The second kappa shape index (κ2) is 11.8. The fourth-order valence-corrected chi connectivity index (χ4v) is 6.73. The number of anilines is 2. The molecule has 4 aromatic rings. The number of hydrogen-bond donors (Lipinski definition) is 2. The predicted octanol–water partition coefficient (Wildman–Crippen LogP) is 7.39. The summed E-state index contributed by atoms with van der Waals surface area (Å²) in [4.78, 5) is 27.9. The highest BCUT2D eigenvalue weighted by molar-refractivity contribution is 7.15. The Bertz CT molecular complexity index is 1640. The normalized spacial score (nSPS) is 12.9. The van der Waals surface area contributed by atoms with E-state index in [-0.39, 0.29) is 11.5 Å². The fraction of sp³-hybridized carbons (Fsp3) is 0.242. The average Bonchev–Trinajstić information content (AvgIpc) is 3.48. The summed E-state index contributed by atoms with van der Waals surface area (Å²) in [7, 11) is 0. The Morgan fingerprint density at radius 3 is 2.40 bits per heavy atom. The van der Waals surface area contributed by atoms with Crippen LogP contribution >= 0.6 is 11.3 Å². The van der Waals surface area contributed by atoms with Crippen molar-refractivity contribution in [2.24, 2.45) is 0 Å². The van der Waals surface area contributed by atoms with Gasteiger partial charge >= 0.3 is 0 Å². The zero-order valence-corrected chi connectivity index (χ0v) is 23.8. The third-order valence-electron chi connectivity index (χ3n) is 7.37. The maximum atomic E-state index is 13.7. The van der Waals surface area contributed by atoms with Crippen molar-refractivity contribution in [2.75, 3.05) is 10.6 Å². The summed E-state index contributed by atoms with van der Waals surface area (Å²) in [6.45, 7) is 6.03. The molecule has 202 valence electrons. The number of nitrogens with zero attached hydrogens (tertiary/aromatic N) is 2. The van der Waals surface area contributed by atoms with E-state index in [1.54, 1.807) is 17.4 Å². The van der Waals surface area contributed by atoms with Crippen molar-refractivity contribution in [1.29, 1.82) is 5.26 Å². The number of para-hydroxylation sites is 1. The van der Waals surface area contributed by atoms with Crippen LogP contribution in [0.25, 0.3) is 11.1 Å². The average molecular weight is 549 g/mol. The molecule has 0 saturated carbocycles. The number of aromatic nitrogens is 1. The number of fused-ring (bicyclic) bond motifs is 1. The Hall–Kier alpha value is -4.41. The Balaban J connectivity index is 1.50. The highest BCUT2D eigenvalue weighted by atomic mass is 32.1. The summed E-state index contributed by atoms with van der Waals surface area (Å²) in [5.41, 5.74) is 7.03. The van der Waals surface area contributed by atoms with Gasteiger partial charge in [-0.25, -0.2) is 0 Å². The fourth-order valence-electron chi connectivity index (χ4n) is 5.23. The number of amides is 2. The first-order valence-corrected chi connectivity index (χ1v) is 14.4. The van der Waals surface area contributed by atoms with Gasteiger partial charge in [0.25, 0.3) is 11.8 Å². The number of carbonyl (C=O) groups is 2. The van der Waals surface area contributed by atoms with Gasteiger partial charge < -0.3 is 15.2 Å². The molecule has 7 heteroatoms. The topological polar surface area (TPSA) is 86.9 Å². The van der Waals surface area contributed by atoms with Gasteiger partial charge in [-0.15, -0.1) is 11.3 Å². The second-order valence-electron chi connectivity index (χ2n) is 10.0. The maximum Gasteiger partial charge on any atom is 0.266 e. The third-order valence-corrected chi connectivity index (χ3v) is 8.65. The van der Waals surface area contributed by atoms with Gasteiger partial charge in [0.1, 0.15) is 16.6 Å². The molecule has 0 unspecified atom stereocenters. The Morgan fingerprint density at radius 1 is 1.00 bits per heavy atom. The molecular formula is C33H32N4O2S. The molecule has 1 aliphatic rings. The van der Waals surface area contributed by atoms with Crippen LogP contribution in [0.5, 0.6) is 0 Å². The van der Waals surface area contributed by atoms with Crippen LogP contribution in [-0.2, 0) is 24.1 Å². The van der Waals surface area contributed by atoms with Gasteiger partial charge in [0, 0.05) is 27.6 Å². The molecule has 0 bridgehead atoms. The van der Waals surface area contributed by atoms with Gasteiger partial charge in [-0.2, -0.15) is 5.26 Å². The molecule has 0 radical (unpaired) electrons. The number of rotatable bonds is 7. The molecule has 40 heavy (non-hydrogen) atoms. The predicted molar refractivity (Wildman–Crippen MR) is 162 cm³/mol. The number of aryl methyl sites for hydroxylation is 3. The maximum absolute atomic E-state index is 13.7. The van der Waals surface area contributed by atoms with Crippen LogP contribution in [0, 0.1) is 25.2 Å². The molecule has 2 aromatic heterocycles. The van der Waals surface area contributed by atoms with Crippen molar-refractivity contribution < 1.29 is 9.59 Å². The van der Waals surface area contributed by atoms with E-state index in [2.05, 4.69) is 28.2 Å². The molecule has 1 aliphatic carbocycles. The van der Waals surface area contributed by atoms with E-state index < -0.39 is 5.91 Å². The van der Waals surface area contributed by atoms with Crippen molar-refractivity contribution in [3.8, 4) is 11.1 Å². The molecule has 0 aliphatic heterocycles. The number of benzene rings is 2. The van der Waals surface area contributed by atoms with E-state index in [4.69, 9.17) is 0 Å². The Labute approximate surface area is 239 Å². The molecule has 2 heterocycles. The summed E-state index contributed by atoms with van der Waals surface area (Å²) in [5.74, 6) is -0.567. The zero-order valence-electron chi connectivity index (χ0n) is 23.0. The summed E-state index contributed by atoms with van der Waals surface area (Å²) < 4.78 is 2.09. The summed E-state index contributed by atoms with van der Waals surface area (Å²) >= 11 is 1.67. The molecule has 0 atom stereocenters. The summed E-state index contributed by atoms with van der Waals surface area (Å²) in [6, 6.07) is 21.2.